The van der Waals surface area contributed by atoms with Crippen molar-refractivity contribution in [1.82, 2.24) is 0 Å². The summed E-state index contributed by atoms with van der Waals surface area (Å²) in [7, 11) is 0. The lowest BCUT2D eigenvalue weighted by molar-refractivity contribution is 0.0600. The van der Waals surface area contributed by atoms with Gasteiger partial charge in [0.15, 0.2) is 0 Å². The molecule has 3 nitrogen and oxygen atoms in total. The summed E-state index contributed by atoms with van der Waals surface area (Å²) in [4.78, 5) is 0. The van der Waals surface area contributed by atoms with E-state index >= 15 is 0 Å². The minimum atomic E-state index is -1.05. The first kappa shape index (κ1) is 13.6. The Bertz CT molecular complexity index is 510. The van der Waals surface area contributed by atoms with E-state index in [0.717, 1.165) is 11.3 Å². The van der Waals surface area contributed by atoms with Gasteiger partial charge in [0.05, 0.1) is 0 Å². The van der Waals surface area contributed by atoms with Crippen LogP contribution in [-0.2, 0) is 5.60 Å². The molecule has 19 heavy (non-hydrogen) atoms. The van der Waals surface area contributed by atoms with Gasteiger partial charge in [0.1, 0.15) is 5.60 Å². The number of rotatable bonds is 5. The molecule has 0 aromatic heterocycles. The molecule has 0 saturated heterocycles. The first-order valence-corrected chi connectivity index (χ1v) is 6.42. The van der Waals surface area contributed by atoms with Crippen LogP contribution in [0.4, 0.5) is 5.69 Å². The zero-order chi connectivity index (χ0) is 13.7. The van der Waals surface area contributed by atoms with Crippen LogP contribution < -0.4 is 11.1 Å². The van der Waals surface area contributed by atoms with E-state index in [1.165, 1.54) is 5.56 Å². The Morgan fingerprint density at radius 3 is 2.26 bits per heavy atom. The van der Waals surface area contributed by atoms with Crippen molar-refractivity contribution >= 4 is 5.69 Å². The normalized spacial score (nSPS) is 13.8. The molecule has 0 amide bonds. The molecule has 0 radical (unpaired) electrons. The second-order valence-corrected chi connectivity index (χ2v) is 4.82. The lowest BCUT2D eigenvalue weighted by atomic mass is 9.93. The third-order valence-electron chi connectivity index (χ3n) is 3.29. The molecule has 0 heterocycles. The highest BCUT2D eigenvalue weighted by molar-refractivity contribution is 5.43. The average Bonchev–Trinajstić information content (AvgIpc) is 2.46. The molecule has 4 N–H and O–H groups in total. The molecule has 0 spiro atoms. The summed E-state index contributed by atoms with van der Waals surface area (Å²) < 4.78 is 0. The van der Waals surface area contributed by atoms with Crippen molar-refractivity contribution in [2.24, 2.45) is 5.73 Å². The van der Waals surface area contributed by atoms with Crippen LogP contribution in [0.3, 0.4) is 0 Å². The van der Waals surface area contributed by atoms with E-state index in [1.54, 1.807) is 0 Å². The van der Waals surface area contributed by atoms with Gasteiger partial charge >= 0.3 is 0 Å². The second kappa shape index (κ2) is 5.87. The van der Waals surface area contributed by atoms with Crippen LogP contribution in [0.25, 0.3) is 0 Å². The van der Waals surface area contributed by atoms with Gasteiger partial charge in [0.25, 0.3) is 0 Å². The van der Waals surface area contributed by atoms with Gasteiger partial charge in [0, 0.05) is 18.8 Å². The summed E-state index contributed by atoms with van der Waals surface area (Å²) in [5.74, 6) is 0. The Hall–Kier alpha value is -1.84. The van der Waals surface area contributed by atoms with Gasteiger partial charge in [0.2, 0.25) is 0 Å². The fraction of sp³-hybridized carbons (Fsp3) is 0.250. The number of hydrogen-bond donors (Lipinski definition) is 3. The van der Waals surface area contributed by atoms with E-state index in [1.807, 2.05) is 61.5 Å². The topological polar surface area (TPSA) is 58.3 Å². The summed E-state index contributed by atoms with van der Waals surface area (Å²) >= 11 is 0. The van der Waals surface area contributed by atoms with Gasteiger partial charge in [-0.3, -0.25) is 0 Å². The Kier molecular flexibility index (Phi) is 4.20. The zero-order valence-corrected chi connectivity index (χ0v) is 11.1. The SMILES string of the molecule is Cc1ccc([C@](O)(CN)CNc2ccccc2)cc1. The fourth-order valence-corrected chi connectivity index (χ4v) is 1.96. The van der Waals surface area contributed by atoms with Crippen LogP contribution in [0, 0.1) is 6.92 Å². The van der Waals surface area contributed by atoms with Crippen LogP contribution in [0.2, 0.25) is 0 Å². The highest BCUT2D eigenvalue weighted by Crippen LogP contribution is 2.21. The number of aliphatic hydroxyl groups is 1. The summed E-state index contributed by atoms with van der Waals surface area (Å²) in [5.41, 5.74) is 7.68. The van der Waals surface area contributed by atoms with Gasteiger partial charge in [-0.1, -0.05) is 48.0 Å². The highest BCUT2D eigenvalue weighted by atomic mass is 16.3. The Balaban J connectivity index is 2.12. The van der Waals surface area contributed by atoms with Crippen LogP contribution >= 0.6 is 0 Å². The molecular weight excluding hydrogens is 236 g/mol. The summed E-state index contributed by atoms with van der Waals surface area (Å²) in [6, 6.07) is 17.6. The quantitative estimate of drug-likeness (QED) is 0.769. The highest BCUT2D eigenvalue weighted by Gasteiger charge is 2.27. The van der Waals surface area contributed by atoms with E-state index in [2.05, 4.69) is 5.32 Å². The van der Waals surface area contributed by atoms with Crippen LogP contribution in [0.1, 0.15) is 11.1 Å². The predicted octanol–water partition coefficient (Wildman–Crippen LogP) is 2.25. The number of nitrogens with one attached hydrogen (secondary N) is 1. The van der Waals surface area contributed by atoms with E-state index in [4.69, 9.17) is 5.73 Å². The first-order valence-electron chi connectivity index (χ1n) is 6.42. The predicted molar refractivity (Wildman–Crippen MR) is 79.1 cm³/mol. The van der Waals surface area contributed by atoms with Crippen molar-refractivity contribution in [2.45, 2.75) is 12.5 Å². The molecule has 0 unspecified atom stereocenters. The van der Waals surface area contributed by atoms with Crippen molar-refractivity contribution in [3.05, 3.63) is 65.7 Å². The van der Waals surface area contributed by atoms with Crippen molar-refractivity contribution in [3.8, 4) is 0 Å². The Labute approximate surface area is 114 Å². The number of anilines is 1. The molecule has 2 aromatic carbocycles. The average molecular weight is 256 g/mol. The monoisotopic (exact) mass is 256 g/mol. The van der Waals surface area contributed by atoms with Crippen LogP contribution in [0.15, 0.2) is 54.6 Å². The molecule has 0 bridgehead atoms. The molecule has 0 aliphatic carbocycles. The third kappa shape index (κ3) is 3.34. The number of nitrogens with two attached hydrogens (primary N) is 1. The Morgan fingerprint density at radius 2 is 1.68 bits per heavy atom. The van der Waals surface area contributed by atoms with E-state index in [-0.39, 0.29) is 6.54 Å². The smallest absolute Gasteiger partial charge is 0.119 e. The number of benzene rings is 2. The van der Waals surface area contributed by atoms with Gasteiger partial charge in [-0.25, -0.2) is 0 Å². The minimum Gasteiger partial charge on any atom is -0.382 e. The van der Waals surface area contributed by atoms with Gasteiger partial charge in [-0.15, -0.1) is 0 Å². The number of para-hydroxylation sites is 1. The molecule has 3 heteroatoms. The fourth-order valence-electron chi connectivity index (χ4n) is 1.96. The first-order chi connectivity index (χ1) is 9.14. The lowest BCUT2D eigenvalue weighted by Crippen LogP contribution is -2.41. The third-order valence-corrected chi connectivity index (χ3v) is 3.29. The molecule has 0 aliphatic rings. The van der Waals surface area contributed by atoms with Gasteiger partial charge in [-0.2, -0.15) is 0 Å². The maximum atomic E-state index is 10.7. The largest absolute Gasteiger partial charge is 0.382 e. The maximum Gasteiger partial charge on any atom is 0.119 e. The summed E-state index contributed by atoms with van der Waals surface area (Å²) in [6.07, 6.45) is 0. The maximum absolute atomic E-state index is 10.7. The summed E-state index contributed by atoms with van der Waals surface area (Å²) in [6.45, 7) is 2.58. The molecule has 100 valence electrons. The lowest BCUT2D eigenvalue weighted by Gasteiger charge is -2.28. The number of aryl methyl sites for hydroxylation is 1. The van der Waals surface area contributed by atoms with Crippen LogP contribution in [-0.4, -0.2) is 18.2 Å². The molecule has 0 fully saturated rings. The summed E-state index contributed by atoms with van der Waals surface area (Å²) in [5, 5.41) is 13.9. The number of hydrogen-bond acceptors (Lipinski definition) is 3. The molecule has 0 aliphatic heterocycles. The zero-order valence-electron chi connectivity index (χ0n) is 11.1. The second-order valence-electron chi connectivity index (χ2n) is 4.82. The van der Waals surface area contributed by atoms with Crippen LogP contribution in [0.5, 0.6) is 0 Å². The molecule has 0 saturated carbocycles. The molecule has 2 rings (SSSR count). The molecular formula is C16H20N2O. The van der Waals surface area contributed by atoms with Crippen molar-refractivity contribution < 1.29 is 5.11 Å². The molecule has 1 atom stereocenters. The van der Waals surface area contributed by atoms with Gasteiger partial charge in [-0.05, 0) is 24.6 Å². The standard InChI is InChI=1S/C16H20N2O/c1-13-7-9-14(10-8-13)16(19,11-17)12-18-15-5-3-2-4-6-15/h2-10,18-19H,11-12,17H2,1H3/t16-/m0/s1. The van der Waals surface area contributed by atoms with E-state index in [9.17, 15) is 5.11 Å². The van der Waals surface area contributed by atoms with Gasteiger partial charge < -0.3 is 16.2 Å². The van der Waals surface area contributed by atoms with Crippen molar-refractivity contribution in [3.63, 3.8) is 0 Å². The minimum absolute atomic E-state index is 0.176. The molecule has 2 aromatic rings. The van der Waals surface area contributed by atoms with E-state index in [0.29, 0.717) is 6.54 Å². The van der Waals surface area contributed by atoms with Crippen molar-refractivity contribution in [1.29, 1.82) is 0 Å². The van der Waals surface area contributed by atoms with E-state index < -0.39 is 5.60 Å². The van der Waals surface area contributed by atoms with Crippen molar-refractivity contribution in [2.75, 3.05) is 18.4 Å². The Morgan fingerprint density at radius 1 is 1.05 bits per heavy atom.